The topological polar surface area (TPSA) is 75.6 Å². The van der Waals surface area contributed by atoms with Crippen LogP contribution in [0.3, 0.4) is 0 Å². The first-order chi connectivity index (χ1) is 17.0. The van der Waals surface area contributed by atoms with E-state index in [0.29, 0.717) is 5.02 Å². The predicted octanol–water partition coefficient (Wildman–Crippen LogP) is 6.60. The number of halogens is 1. The van der Waals surface area contributed by atoms with Crippen LogP contribution in [-0.2, 0) is 16.0 Å². The van der Waals surface area contributed by atoms with Crippen molar-refractivity contribution in [3.05, 3.63) is 106 Å². The van der Waals surface area contributed by atoms with Crippen molar-refractivity contribution < 1.29 is 19.4 Å². The Morgan fingerprint density at radius 2 is 1.49 bits per heavy atom. The van der Waals surface area contributed by atoms with Gasteiger partial charge in [0.1, 0.15) is 12.6 Å². The maximum absolute atomic E-state index is 12.6. The number of alkyl carbamates (subject to hydrolysis) is 1. The second-order valence-corrected chi connectivity index (χ2v) is 9.89. The predicted molar refractivity (Wildman–Crippen MR) is 138 cm³/mol. The molecule has 1 aliphatic rings. The maximum Gasteiger partial charge on any atom is 0.407 e. The molecule has 0 saturated heterocycles. The molecule has 1 unspecified atom stereocenters. The van der Waals surface area contributed by atoms with Crippen LogP contribution in [0.1, 0.15) is 21.9 Å². The van der Waals surface area contributed by atoms with Gasteiger partial charge in [-0.1, -0.05) is 78.3 Å². The Bertz CT molecular complexity index is 1350. The van der Waals surface area contributed by atoms with Crippen LogP contribution in [0.4, 0.5) is 4.79 Å². The third kappa shape index (κ3) is 4.81. The first-order valence-corrected chi connectivity index (χ1v) is 12.4. The van der Waals surface area contributed by atoms with Crippen LogP contribution < -0.4 is 5.32 Å². The fourth-order valence-corrected chi connectivity index (χ4v) is 5.86. The van der Waals surface area contributed by atoms with Gasteiger partial charge in [-0.2, -0.15) is 0 Å². The number of carbonyl (C=O) groups is 2. The number of ether oxygens (including phenoxy) is 1. The van der Waals surface area contributed by atoms with E-state index in [0.717, 1.165) is 37.6 Å². The molecule has 3 aromatic carbocycles. The van der Waals surface area contributed by atoms with Gasteiger partial charge < -0.3 is 15.2 Å². The zero-order chi connectivity index (χ0) is 24.4. The van der Waals surface area contributed by atoms with Crippen LogP contribution in [0.25, 0.3) is 21.6 Å². The second-order valence-electron chi connectivity index (χ2n) is 8.31. The van der Waals surface area contributed by atoms with E-state index in [4.69, 9.17) is 16.3 Å². The number of hydrogen-bond acceptors (Lipinski definition) is 4. The average molecular weight is 504 g/mol. The van der Waals surface area contributed by atoms with Crippen molar-refractivity contribution in [2.45, 2.75) is 18.4 Å². The minimum absolute atomic E-state index is 0.0908. The average Bonchev–Trinajstić information content (AvgIpc) is 3.45. The molecule has 0 spiro atoms. The van der Waals surface area contributed by atoms with Crippen molar-refractivity contribution >= 4 is 35.0 Å². The summed E-state index contributed by atoms with van der Waals surface area (Å²) >= 11 is 7.74. The Balaban J connectivity index is 1.25. The van der Waals surface area contributed by atoms with Gasteiger partial charge >= 0.3 is 12.1 Å². The molecule has 1 aliphatic carbocycles. The molecular weight excluding hydrogens is 482 g/mol. The van der Waals surface area contributed by atoms with Crippen LogP contribution in [-0.4, -0.2) is 29.8 Å². The number of carboxylic acid groups (broad SMARTS) is 1. The van der Waals surface area contributed by atoms with Gasteiger partial charge in [0.25, 0.3) is 0 Å². The molecule has 0 bridgehead atoms. The molecule has 5 nitrogen and oxygen atoms in total. The Labute approximate surface area is 212 Å². The number of fused-ring (bicyclic) bond motifs is 3. The van der Waals surface area contributed by atoms with Gasteiger partial charge in [0.05, 0.1) is 0 Å². The Hall–Kier alpha value is -3.61. The summed E-state index contributed by atoms with van der Waals surface area (Å²) in [4.78, 5) is 26.2. The maximum atomic E-state index is 12.6. The van der Waals surface area contributed by atoms with E-state index in [1.165, 1.54) is 11.3 Å². The summed E-state index contributed by atoms with van der Waals surface area (Å²) < 4.78 is 5.52. The van der Waals surface area contributed by atoms with E-state index in [-0.39, 0.29) is 18.9 Å². The van der Waals surface area contributed by atoms with Crippen molar-refractivity contribution in [1.82, 2.24) is 5.32 Å². The van der Waals surface area contributed by atoms with Gasteiger partial charge in [0, 0.05) is 32.7 Å². The van der Waals surface area contributed by atoms with E-state index in [2.05, 4.69) is 17.4 Å². The lowest BCUT2D eigenvalue weighted by molar-refractivity contribution is -0.139. The molecule has 0 fully saturated rings. The molecule has 7 heteroatoms. The van der Waals surface area contributed by atoms with Crippen molar-refractivity contribution in [3.8, 4) is 21.6 Å². The molecule has 35 heavy (non-hydrogen) atoms. The van der Waals surface area contributed by atoms with E-state index < -0.39 is 18.1 Å². The summed E-state index contributed by atoms with van der Waals surface area (Å²) in [6.45, 7) is 0.127. The van der Waals surface area contributed by atoms with E-state index >= 15 is 0 Å². The lowest BCUT2D eigenvalue weighted by Crippen LogP contribution is -2.42. The lowest BCUT2D eigenvalue weighted by Gasteiger charge is -2.17. The molecule has 1 aromatic heterocycles. The number of amides is 1. The SMILES string of the molecule is O=C(NC(Cc1ccc(-c2ccccc2Cl)s1)C(=O)O)OCC1c2ccccc2-c2ccccc21. The fraction of sp³-hybridized carbons (Fsp3) is 0.143. The van der Waals surface area contributed by atoms with Crippen molar-refractivity contribution in [3.63, 3.8) is 0 Å². The van der Waals surface area contributed by atoms with Crippen molar-refractivity contribution in [2.75, 3.05) is 6.61 Å². The smallest absolute Gasteiger partial charge is 0.407 e. The molecule has 1 heterocycles. The van der Waals surface area contributed by atoms with Crippen LogP contribution in [0.5, 0.6) is 0 Å². The standard InChI is InChI=1S/C28H22ClNO4S/c29-24-12-6-5-11-22(24)26-14-13-17(35-26)15-25(27(31)32)30-28(33)34-16-23-20-9-3-1-7-18(20)19-8-2-4-10-21(19)23/h1-14,23,25H,15-16H2,(H,30,33)(H,31,32). The van der Waals surface area contributed by atoms with Gasteiger partial charge in [-0.15, -0.1) is 11.3 Å². The van der Waals surface area contributed by atoms with Crippen molar-refractivity contribution in [1.29, 1.82) is 0 Å². The molecule has 0 saturated carbocycles. The minimum atomic E-state index is -1.12. The van der Waals surface area contributed by atoms with E-state index in [1.54, 1.807) is 0 Å². The highest BCUT2D eigenvalue weighted by Gasteiger charge is 2.30. The summed E-state index contributed by atoms with van der Waals surface area (Å²) in [5.41, 5.74) is 5.35. The number of carbonyl (C=O) groups excluding carboxylic acids is 1. The lowest BCUT2D eigenvalue weighted by atomic mass is 9.98. The number of aliphatic carboxylic acids is 1. The second kappa shape index (κ2) is 9.94. The van der Waals surface area contributed by atoms with E-state index in [1.807, 2.05) is 72.8 Å². The quantitative estimate of drug-likeness (QED) is 0.298. The number of benzene rings is 3. The fourth-order valence-electron chi connectivity index (χ4n) is 4.48. The molecule has 2 N–H and O–H groups in total. The number of thiophene rings is 1. The highest BCUT2D eigenvalue weighted by atomic mass is 35.5. The summed E-state index contributed by atoms with van der Waals surface area (Å²) in [7, 11) is 0. The minimum Gasteiger partial charge on any atom is -0.480 e. The van der Waals surface area contributed by atoms with Gasteiger partial charge in [-0.25, -0.2) is 9.59 Å². The molecular formula is C28H22ClNO4S. The van der Waals surface area contributed by atoms with Crippen LogP contribution >= 0.6 is 22.9 Å². The van der Waals surface area contributed by atoms with Gasteiger partial charge in [0.2, 0.25) is 0 Å². The highest BCUT2D eigenvalue weighted by molar-refractivity contribution is 7.15. The zero-order valence-corrected chi connectivity index (χ0v) is 20.2. The molecule has 176 valence electrons. The molecule has 1 amide bonds. The summed E-state index contributed by atoms with van der Waals surface area (Å²) in [6, 6.07) is 26.3. The number of rotatable bonds is 7. The van der Waals surface area contributed by atoms with Crippen LogP contribution in [0, 0.1) is 0 Å². The van der Waals surface area contributed by atoms with Crippen LogP contribution in [0.2, 0.25) is 5.02 Å². The summed E-state index contributed by atoms with van der Waals surface area (Å²) in [6.07, 6.45) is -0.601. The van der Waals surface area contributed by atoms with Crippen LogP contribution in [0.15, 0.2) is 84.9 Å². The monoisotopic (exact) mass is 503 g/mol. The van der Waals surface area contributed by atoms with Gasteiger partial charge in [-0.05, 0) is 40.5 Å². The molecule has 5 rings (SSSR count). The molecule has 0 aliphatic heterocycles. The Morgan fingerprint density at radius 3 is 2.11 bits per heavy atom. The van der Waals surface area contributed by atoms with Gasteiger partial charge in [-0.3, -0.25) is 0 Å². The largest absolute Gasteiger partial charge is 0.480 e. The van der Waals surface area contributed by atoms with E-state index in [9.17, 15) is 14.7 Å². The molecule has 0 radical (unpaired) electrons. The first-order valence-electron chi connectivity index (χ1n) is 11.2. The zero-order valence-electron chi connectivity index (χ0n) is 18.6. The first kappa shape index (κ1) is 23.1. The highest BCUT2D eigenvalue weighted by Crippen LogP contribution is 2.44. The van der Waals surface area contributed by atoms with Gasteiger partial charge in [0.15, 0.2) is 0 Å². The summed E-state index contributed by atoms with van der Waals surface area (Å²) in [5, 5.41) is 12.9. The normalized spacial score (nSPS) is 13.1. The molecule has 1 atom stereocenters. The number of nitrogens with one attached hydrogen (secondary N) is 1. The Kier molecular flexibility index (Phi) is 6.57. The Morgan fingerprint density at radius 1 is 0.886 bits per heavy atom. The number of carboxylic acids is 1. The third-order valence-electron chi connectivity index (χ3n) is 6.14. The third-order valence-corrected chi connectivity index (χ3v) is 7.61. The molecule has 4 aromatic rings. The number of hydrogen-bond donors (Lipinski definition) is 2. The summed E-state index contributed by atoms with van der Waals surface area (Å²) in [5.74, 6) is -1.21. The van der Waals surface area contributed by atoms with Crippen molar-refractivity contribution in [2.24, 2.45) is 0 Å².